The van der Waals surface area contributed by atoms with Crippen molar-refractivity contribution in [2.24, 2.45) is 11.6 Å². The largest absolute Gasteiger partial charge is 0.508 e. The minimum atomic E-state index is -0.546. The molecular weight excluding hydrogens is 308 g/mol. The highest BCUT2D eigenvalue weighted by molar-refractivity contribution is 5.70. The maximum absolute atomic E-state index is 12.2. The summed E-state index contributed by atoms with van der Waals surface area (Å²) in [5, 5.41) is 11.8. The van der Waals surface area contributed by atoms with E-state index < -0.39 is 5.60 Å². The zero-order valence-electron chi connectivity index (χ0n) is 14.7. The van der Waals surface area contributed by atoms with E-state index in [0.29, 0.717) is 25.2 Å². The molecule has 1 aromatic rings. The van der Waals surface area contributed by atoms with Crippen molar-refractivity contribution in [1.29, 1.82) is 0 Å². The molecule has 2 rings (SSSR count). The predicted octanol–water partition coefficient (Wildman–Crippen LogP) is 1.75. The SMILES string of the molecule is CN(N)/C(=C\N)c1cc(O)c2c(c1)CCN(C(=O)OC(C)(C)C)C2. The van der Waals surface area contributed by atoms with Crippen LogP contribution in [0.25, 0.3) is 5.70 Å². The second-order valence-corrected chi connectivity index (χ2v) is 6.95. The Morgan fingerprint density at radius 2 is 2.08 bits per heavy atom. The Hall–Kier alpha value is -2.41. The molecule has 0 spiro atoms. The van der Waals surface area contributed by atoms with E-state index in [1.165, 1.54) is 11.2 Å². The van der Waals surface area contributed by atoms with Crippen molar-refractivity contribution < 1.29 is 14.6 Å². The van der Waals surface area contributed by atoms with Crippen LogP contribution < -0.4 is 11.6 Å². The van der Waals surface area contributed by atoms with E-state index in [-0.39, 0.29) is 11.8 Å². The molecule has 0 aromatic heterocycles. The quantitative estimate of drug-likeness (QED) is 0.562. The first-order chi connectivity index (χ1) is 11.1. The summed E-state index contributed by atoms with van der Waals surface area (Å²) in [5.74, 6) is 5.88. The molecule has 0 unspecified atom stereocenters. The van der Waals surface area contributed by atoms with Crippen LogP contribution in [0, 0.1) is 0 Å². The topological polar surface area (TPSA) is 105 Å². The number of ether oxygens (including phenoxy) is 1. The predicted molar refractivity (Wildman–Crippen MR) is 92.6 cm³/mol. The summed E-state index contributed by atoms with van der Waals surface area (Å²) in [6, 6.07) is 3.56. The number of aromatic hydroxyl groups is 1. The third-order valence-electron chi connectivity index (χ3n) is 3.80. The van der Waals surface area contributed by atoms with Gasteiger partial charge >= 0.3 is 6.09 Å². The maximum atomic E-state index is 12.2. The lowest BCUT2D eigenvalue weighted by molar-refractivity contribution is 0.0223. The fraction of sp³-hybridized carbons (Fsp3) is 0.471. The zero-order valence-corrected chi connectivity index (χ0v) is 14.7. The van der Waals surface area contributed by atoms with Gasteiger partial charge in [-0.15, -0.1) is 0 Å². The van der Waals surface area contributed by atoms with Crippen molar-refractivity contribution in [3.63, 3.8) is 0 Å². The van der Waals surface area contributed by atoms with Gasteiger partial charge in [-0.2, -0.15) is 0 Å². The minimum absolute atomic E-state index is 0.122. The third-order valence-corrected chi connectivity index (χ3v) is 3.80. The van der Waals surface area contributed by atoms with Crippen molar-refractivity contribution in [2.45, 2.75) is 39.3 Å². The van der Waals surface area contributed by atoms with Gasteiger partial charge in [0.25, 0.3) is 0 Å². The number of rotatable bonds is 2. The molecule has 7 heteroatoms. The number of phenols is 1. The average Bonchev–Trinajstić information content (AvgIpc) is 2.45. The van der Waals surface area contributed by atoms with Gasteiger partial charge in [-0.25, -0.2) is 10.6 Å². The fourth-order valence-electron chi connectivity index (χ4n) is 2.69. The van der Waals surface area contributed by atoms with E-state index in [1.807, 2.05) is 26.8 Å². The molecule has 0 saturated heterocycles. The van der Waals surface area contributed by atoms with Gasteiger partial charge in [0, 0.05) is 30.9 Å². The molecule has 1 aromatic carbocycles. The highest BCUT2D eigenvalue weighted by Gasteiger charge is 2.27. The van der Waals surface area contributed by atoms with E-state index >= 15 is 0 Å². The van der Waals surface area contributed by atoms with Gasteiger partial charge in [0.05, 0.1) is 12.2 Å². The Morgan fingerprint density at radius 1 is 1.42 bits per heavy atom. The van der Waals surface area contributed by atoms with Gasteiger partial charge in [-0.1, -0.05) is 0 Å². The van der Waals surface area contributed by atoms with E-state index in [0.717, 1.165) is 16.7 Å². The van der Waals surface area contributed by atoms with Crippen LogP contribution in [-0.2, 0) is 17.7 Å². The Labute approximate surface area is 142 Å². The number of benzene rings is 1. The number of amides is 1. The first kappa shape index (κ1) is 17.9. The molecule has 24 heavy (non-hydrogen) atoms. The number of nitrogens with zero attached hydrogens (tertiary/aromatic N) is 2. The number of phenolic OH excluding ortho intramolecular Hbond substituents is 1. The lowest BCUT2D eigenvalue weighted by Crippen LogP contribution is -2.40. The van der Waals surface area contributed by atoms with Crippen molar-refractivity contribution >= 4 is 11.8 Å². The van der Waals surface area contributed by atoms with Crippen molar-refractivity contribution in [3.05, 3.63) is 35.0 Å². The zero-order chi connectivity index (χ0) is 18.1. The van der Waals surface area contributed by atoms with Gasteiger partial charge in [-0.05, 0) is 44.9 Å². The monoisotopic (exact) mass is 334 g/mol. The number of hydrazine groups is 1. The summed E-state index contributed by atoms with van der Waals surface area (Å²) in [5.41, 5.74) is 8.13. The molecule has 1 heterocycles. The Kier molecular flexibility index (Phi) is 4.94. The van der Waals surface area contributed by atoms with Crippen LogP contribution >= 0.6 is 0 Å². The minimum Gasteiger partial charge on any atom is -0.508 e. The summed E-state index contributed by atoms with van der Waals surface area (Å²) < 4.78 is 5.40. The number of carbonyl (C=O) groups is 1. The van der Waals surface area contributed by atoms with Crippen molar-refractivity contribution in [3.8, 4) is 5.75 Å². The molecule has 1 aliphatic rings. The van der Waals surface area contributed by atoms with Crippen LogP contribution in [-0.4, -0.2) is 40.3 Å². The maximum Gasteiger partial charge on any atom is 0.410 e. The lowest BCUT2D eigenvalue weighted by Gasteiger charge is -2.32. The number of hydrogen-bond acceptors (Lipinski definition) is 6. The van der Waals surface area contributed by atoms with Gasteiger partial charge < -0.3 is 25.5 Å². The van der Waals surface area contributed by atoms with Gasteiger partial charge in [0.2, 0.25) is 0 Å². The molecule has 5 N–H and O–H groups in total. The van der Waals surface area contributed by atoms with Crippen molar-refractivity contribution in [1.82, 2.24) is 9.91 Å². The Bertz CT molecular complexity index is 663. The molecule has 0 radical (unpaired) electrons. The number of carbonyl (C=O) groups excluding carboxylic acids is 1. The number of hydrogen-bond donors (Lipinski definition) is 3. The van der Waals surface area contributed by atoms with Crippen LogP contribution in [0.3, 0.4) is 0 Å². The molecule has 0 bridgehead atoms. The molecule has 0 saturated carbocycles. The Balaban J connectivity index is 2.26. The third kappa shape index (κ3) is 3.91. The fourth-order valence-corrected chi connectivity index (χ4v) is 2.69. The first-order valence-electron chi connectivity index (χ1n) is 7.85. The van der Waals surface area contributed by atoms with Crippen LogP contribution in [0.1, 0.15) is 37.5 Å². The summed E-state index contributed by atoms with van der Waals surface area (Å²) >= 11 is 0. The highest BCUT2D eigenvalue weighted by Crippen LogP contribution is 2.32. The second-order valence-electron chi connectivity index (χ2n) is 6.95. The number of fused-ring (bicyclic) bond motifs is 1. The lowest BCUT2D eigenvalue weighted by atomic mass is 9.95. The van der Waals surface area contributed by atoms with E-state index in [1.54, 1.807) is 18.0 Å². The molecule has 0 fully saturated rings. The first-order valence-corrected chi connectivity index (χ1v) is 7.85. The molecule has 1 aliphatic heterocycles. The second kappa shape index (κ2) is 6.60. The number of nitrogens with two attached hydrogens (primary N) is 2. The smallest absolute Gasteiger partial charge is 0.410 e. The molecule has 1 amide bonds. The normalized spacial score (nSPS) is 15.0. The molecule has 0 aliphatic carbocycles. The van der Waals surface area contributed by atoms with Gasteiger partial charge in [0.1, 0.15) is 11.4 Å². The molecule has 0 atom stereocenters. The van der Waals surface area contributed by atoms with Gasteiger partial charge in [-0.3, -0.25) is 0 Å². The molecular formula is C17H26N4O3. The van der Waals surface area contributed by atoms with E-state index in [4.69, 9.17) is 16.3 Å². The summed E-state index contributed by atoms with van der Waals surface area (Å²) in [6.45, 7) is 6.34. The van der Waals surface area contributed by atoms with Crippen LogP contribution in [0.15, 0.2) is 18.3 Å². The van der Waals surface area contributed by atoms with Gasteiger partial charge in [0.15, 0.2) is 0 Å². The van der Waals surface area contributed by atoms with Crippen LogP contribution in [0.4, 0.5) is 4.79 Å². The molecule has 132 valence electrons. The highest BCUT2D eigenvalue weighted by atomic mass is 16.6. The Morgan fingerprint density at radius 3 is 2.62 bits per heavy atom. The standard InChI is InChI=1S/C17H26N4O3/c1-17(2,3)24-16(23)21-6-5-11-7-12(14(9-18)20(4)19)8-15(22)13(11)10-21/h7-9,22H,5-6,10,18-19H2,1-4H3/b14-9-. The van der Waals surface area contributed by atoms with E-state index in [9.17, 15) is 9.90 Å². The van der Waals surface area contributed by atoms with E-state index in [2.05, 4.69) is 0 Å². The van der Waals surface area contributed by atoms with Crippen molar-refractivity contribution in [2.75, 3.05) is 13.6 Å². The average molecular weight is 334 g/mol. The summed E-state index contributed by atoms with van der Waals surface area (Å²) in [4.78, 5) is 13.8. The summed E-state index contributed by atoms with van der Waals surface area (Å²) in [7, 11) is 1.68. The molecule has 7 nitrogen and oxygen atoms in total. The summed E-state index contributed by atoms with van der Waals surface area (Å²) in [6.07, 6.45) is 1.65. The van der Waals surface area contributed by atoms with Crippen LogP contribution in [0.2, 0.25) is 0 Å². The van der Waals surface area contributed by atoms with Crippen LogP contribution in [0.5, 0.6) is 5.75 Å².